The highest BCUT2D eigenvalue weighted by Gasteiger charge is 2.18. The predicted molar refractivity (Wildman–Crippen MR) is 110 cm³/mol. The Kier molecular flexibility index (Phi) is 8.76. The van der Waals surface area contributed by atoms with Gasteiger partial charge in [-0.05, 0) is 18.6 Å². The molecule has 1 aromatic carbocycles. The van der Waals surface area contributed by atoms with Gasteiger partial charge in [-0.1, -0.05) is 26.8 Å². The van der Waals surface area contributed by atoms with Gasteiger partial charge in [0.1, 0.15) is 5.75 Å². The van der Waals surface area contributed by atoms with Gasteiger partial charge in [0.05, 0.1) is 19.1 Å². The van der Waals surface area contributed by atoms with Crippen molar-refractivity contribution < 1.29 is 17.9 Å². The van der Waals surface area contributed by atoms with Crippen LogP contribution in [0, 0.1) is 0 Å². The number of hydrogen-bond donors (Lipinski definition) is 1. The molecule has 0 heterocycles. The number of carbonyl (C=O) groups excluding carboxylic acids is 1. The molecule has 6 nitrogen and oxygen atoms in total. The van der Waals surface area contributed by atoms with Crippen molar-refractivity contribution in [2.45, 2.75) is 38.4 Å². The van der Waals surface area contributed by atoms with E-state index in [1.807, 2.05) is 0 Å². The van der Waals surface area contributed by atoms with E-state index in [2.05, 4.69) is 26.1 Å². The number of ether oxygens (including phenoxy) is 1. The fraction of sp³-hybridized carbons (Fsp3) is 0.611. The summed E-state index contributed by atoms with van der Waals surface area (Å²) in [6.45, 7) is 7.27. The molecule has 0 unspecified atom stereocenters. The number of nitrogens with one attached hydrogen (secondary N) is 1. The minimum Gasteiger partial charge on any atom is -0.497 e. The van der Waals surface area contributed by atoms with Gasteiger partial charge in [0.2, 0.25) is 15.9 Å². The average Bonchev–Trinajstić information content (AvgIpc) is 2.53. The SMILES string of the molecule is COc1cccc(N(CCCC(=O)NCCSC(C)(C)C)S(C)(=O)=O)c1. The van der Waals surface area contributed by atoms with Crippen LogP contribution in [0.5, 0.6) is 5.75 Å². The molecule has 0 aromatic heterocycles. The summed E-state index contributed by atoms with van der Waals surface area (Å²) in [7, 11) is -1.90. The Morgan fingerprint density at radius 3 is 2.58 bits per heavy atom. The maximum Gasteiger partial charge on any atom is 0.232 e. The van der Waals surface area contributed by atoms with Gasteiger partial charge in [0.15, 0.2) is 0 Å². The molecule has 148 valence electrons. The Morgan fingerprint density at radius 2 is 2.00 bits per heavy atom. The molecule has 0 saturated heterocycles. The van der Waals surface area contributed by atoms with Crippen LogP contribution in [0.25, 0.3) is 0 Å². The van der Waals surface area contributed by atoms with Crippen LogP contribution in [0.3, 0.4) is 0 Å². The van der Waals surface area contributed by atoms with Gasteiger partial charge < -0.3 is 10.1 Å². The quantitative estimate of drug-likeness (QED) is 0.609. The molecule has 0 radical (unpaired) electrons. The number of thioether (sulfide) groups is 1. The minimum atomic E-state index is -3.44. The first-order valence-corrected chi connectivity index (χ1v) is 11.4. The molecule has 1 N–H and O–H groups in total. The van der Waals surface area contributed by atoms with Crippen molar-refractivity contribution in [3.8, 4) is 5.75 Å². The summed E-state index contributed by atoms with van der Waals surface area (Å²) in [6, 6.07) is 6.89. The summed E-state index contributed by atoms with van der Waals surface area (Å²) < 4.78 is 30.8. The molecule has 1 rings (SSSR count). The first kappa shape index (κ1) is 22.6. The topological polar surface area (TPSA) is 75.7 Å². The Hall–Kier alpha value is -1.41. The number of amides is 1. The lowest BCUT2D eigenvalue weighted by Crippen LogP contribution is -2.32. The smallest absolute Gasteiger partial charge is 0.232 e. The van der Waals surface area contributed by atoms with E-state index in [9.17, 15) is 13.2 Å². The van der Waals surface area contributed by atoms with Gasteiger partial charge in [0, 0.05) is 36.1 Å². The van der Waals surface area contributed by atoms with E-state index in [4.69, 9.17) is 4.74 Å². The maximum atomic E-state index is 12.1. The average molecular weight is 403 g/mol. The number of nitrogens with zero attached hydrogens (tertiary/aromatic N) is 1. The van der Waals surface area contributed by atoms with Crippen molar-refractivity contribution in [3.05, 3.63) is 24.3 Å². The van der Waals surface area contributed by atoms with Crippen LogP contribution in [-0.4, -0.2) is 51.3 Å². The van der Waals surface area contributed by atoms with E-state index < -0.39 is 10.0 Å². The van der Waals surface area contributed by atoms with Crippen molar-refractivity contribution in [1.29, 1.82) is 0 Å². The molecule has 0 aliphatic rings. The van der Waals surface area contributed by atoms with Crippen LogP contribution >= 0.6 is 11.8 Å². The van der Waals surface area contributed by atoms with Gasteiger partial charge in [-0.2, -0.15) is 11.8 Å². The second-order valence-electron chi connectivity index (χ2n) is 6.95. The van der Waals surface area contributed by atoms with Crippen LogP contribution in [0.15, 0.2) is 24.3 Å². The molecule has 1 amide bonds. The Morgan fingerprint density at radius 1 is 1.31 bits per heavy atom. The molecule has 0 fully saturated rings. The van der Waals surface area contributed by atoms with Gasteiger partial charge >= 0.3 is 0 Å². The second kappa shape index (κ2) is 10.1. The van der Waals surface area contributed by atoms with Gasteiger partial charge in [-0.25, -0.2) is 8.42 Å². The molecule has 1 aromatic rings. The van der Waals surface area contributed by atoms with Gasteiger partial charge in [-0.15, -0.1) is 0 Å². The molecule has 0 atom stereocenters. The number of anilines is 1. The maximum absolute atomic E-state index is 12.1. The summed E-state index contributed by atoms with van der Waals surface area (Å²) in [5, 5.41) is 2.88. The monoisotopic (exact) mass is 402 g/mol. The van der Waals surface area contributed by atoms with Crippen molar-refractivity contribution in [2.75, 3.05) is 36.5 Å². The number of sulfonamides is 1. The number of rotatable bonds is 10. The van der Waals surface area contributed by atoms with Crippen LogP contribution in [-0.2, 0) is 14.8 Å². The molecule has 26 heavy (non-hydrogen) atoms. The second-order valence-corrected chi connectivity index (χ2v) is 10.8. The van der Waals surface area contributed by atoms with E-state index in [0.717, 1.165) is 12.0 Å². The lowest BCUT2D eigenvalue weighted by atomic mass is 10.2. The molecule has 8 heteroatoms. The zero-order valence-electron chi connectivity index (χ0n) is 16.2. The first-order chi connectivity index (χ1) is 12.0. The third kappa shape index (κ3) is 8.80. The first-order valence-electron chi connectivity index (χ1n) is 8.55. The summed E-state index contributed by atoms with van der Waals surface area (Å²) >= 11 is 1.79. The van der Waals surface area contributed by atoms with E-state index in [-0.39, 0.29) is 23.6 Å². The molecule has 0 spiro atoms. The number of carbonyl (C=O) groups is 1. The lowest BCUT2D eigenvalue weighted by Gasteiger charge is -2.22. The normalized spacial score (nSPS) is 11.9. The standard InChI is InChI=1S/C18H30N2O4S2/c1-18(2,3)25-13-11-19-17(21)10-7-12-20(26(5,22)23)15-8-6-9-16(14-15)24-4/h6,8-9,14H,7,10-13H2,1-5H3,(H,19,21). The van der Waals surface area contributed by atoms with Crippen LogP contribution in [0.2, 0.25) is 0 Å². The summed E-state index contributed by atoms with van der Waals surface area (Å²) in [5.74, 6) is 1.39. The third-order valence-electron chi connectivity index (χ3n) is 3.47. The van der Waals surface area contributed by atoms with Crippen LogP contribution in [0.4, 0.5) is 5.69 Å². The summed E-state index contributed by atoms with van der Waals surface area (Å²) in [5.41, 5.74) is 0.536. The predicted octanol–water partition coefficient (Wildman–Crippen LogP) is 2.89. The van der Waals surface area contributed by atoms with Crippen molar-refractivity contribution in [1.82, 2.24) is 5.32 Å². The highest BCUT2D eigenvalue weighted by molar-refractivity contribution is 8.00. The number of methoxy groups -OCH3 is 1. The van der Waals surface area contributed by atoms with Crippen LogP contribution < -0.4 is 14.4 Å². The van der Waals surface area contributed by atoms with Crippen molar-refractivity contribution >= 4 is 33.4 Å². The minimum absolute atomic E-state index is 0.0568. The fourth-order valence-electron chi connectivity index (χ4n) is 2.27. The van der Waals surface area contributed by atoms with Crippen molar-refractivity contribution in [2.24, 2.45) is 0 Å². The largest absolute Gasteiger partial charge is 0.497 e. The zero-order valence-corrected chi connectivity index (χ0v) is 17.9. The van der Waals surface area contributed by atoms with E-state index in [0.29, 0.717) is 24.4 Å². The third-order valence-corrected chi connectivity index (χ3v) is 5.93. The van der Waals surface area contributed by atoms with E-state index >= 15 is 0 Å². The van der Waals surface area contributed by atoms with E-state index in [1.54, 1.807) is 36.0 Å². The molecular formula is C18H30N2O4S2. The lowest BCUT2D eigenvalue weighted by molar-refractivity contribution is -0.121. The van der Waals surface area contributed by atoms with Gasteiger partial charge in [0.25, 0.3) is 0 Å². The van der Waals surface area contributed by atoms with Crippen LogP contribution in [0.1, 0.15) is 33.6 Å². The molecule has 0 aliphatic carbocycles. The zero-order chi connectivity index (χ0) is 19.8. The fourth-order valence-corrected chi connectivity index (χ4v) is 4.05. The van der Waals surface area contributed by atoms with Crippen molar-refractivity contribution in [3.63, 3.8) is 0 Å². The molecule has 0 saturated carbocycles. The number of benzene rings is 1. The molecular weight excluding hydrogens is 372 g/mol. The Labute approximate surface area is 161 Å². The summed E-state index contributed by atoms with van der Waals surface area (Å²) in [4.78, 5) is 11.9. The highest BCUT2D eigenvalue weighted by atomic mass is 32.2. The molecule has 0 aliphatic heterocycles. The molecule has 0 bridgehead atoms. The van der Waals surface area contributed by atoms with E-state index in [1.165, 1.54) is 11.4 Å². The Bertz CT molecular complexity index is 685. The van der Waals surface area contributed by atoms with Gasteiger partial charge in [-0.3, -0.25) is 9.10 Å². The highest BCUT2D eigenvalue weighted by Crippen LogP contribution is 2.24. The Balaban J connectivity index is 2.52. The number of hydrogen-bond acceptors (Lipinski definition) is 5. The summed E-state index contributed by atoms with van der Waals surface area (Å²) in [6.07, 6.45) is 1.90.